The smallest absolute Gasteiger partial charge is 0.295 e. The zero-order chi connectivity index (χ0) is 14.3. The standard InChI is InChI=1S/C13H12Cl2N4O/c1-6-2-5-8(14)10(9(6)15)16-13(20)12-17-11(18-19-12)7-3-4-7/h2,5,7H,3-4H2,1H3,(H,16,20)(H,17,18,19). The number of aryl methyl sites for hydroxylation is 1. The molecule has 1 aliphatic rings. The average Bonchev–Trinajstić information content (AvgIpc) is 3.16. The number of carbonyl (C=O) groups excluding carboxylic acids is 1. The molecule has 1 saturated carbocycles. The van der Waals surface area contributed by atoms with E-state index in [1.54, 1.807) is 12.1 Å². The fourth-order valence-electron chi connectivity index (χ4n) is 1.86. The number of aromatic amines is 1. The van der Waals surface area contributed by atoms with Gasteiger partial charge in [-0.05, 0) is 31.4 Å². The number of aromatic nitrogens is 3. The van der Waals surface area contributed by atoms with Crippen LogP contribution in [0.1, 0.15) is 40.8 Å². The summed E-state index contributed by atoms with van der Waals surface area (Å²) >= 11 is 12.2. The van der Waals surface area contributed by atoms with Crippen LogP contribution >= 0.6 is 23.2 Å². The van der Waals surface area contributed by atoms with Crippen LogP contribution in [0.3, 0.4) is 0 Å². The van der Waals surface area contributed by atoms with Crippen LogP contribution in [0.2, 0.25) is 10.0 Å². The van der Waals surface area contributed by atoms with Crippen molar-refractivity contribution in [2.75, 3.05) is 5.32 Å². The molecule has 20 heavy (non-hydrogen) atoms. The summed E-state index contributed by atoms with van der Waals surface area (Å²) in [4.78, 5) is 16.3. The van der Waals surface area contributed by atoms with Gasteiger partial charge in [0.1, 0.15) is 5.82 Å². The number of nitrogens with one attached hydrogen (secondary N) is 2. The van der Waals surface area contributed by atoms with Crippen molar-refractivity contribution in [2.45, 2.75) is 25.7 Å². The maximum absolute atomic E-state index is 12.1. The molecular weight excluding hydrogens is 299 g/mol. The van der Waals surface area contributed by atoms with Crippen LogP contribution in [0.5, 0.6) is 0 Å². The van der Waals surface area contributed by atoms with Crippen LogP contribution in [0, 0.1) is 6.92 Å². The second-order valence-corrected chi connectivity index (χ2v) is 5.61. The predicted octanol–water partition coefficient (Wildman–Crippen LogP) is 3.55. The van der Waals surface area contributed by atoms with Crippen molar-refractivity contribution >= 4 is 34.8 Å². The number of nitrogens with zero attached hydrogens (tertiary/aromatic N) is 2. The molecule has 0 saturated heterocycles. The number of rotatable bonds is 3. The van der Waals surface area contributed by atoms with Gasteiger partial charge in [-0.1, -0.05) is 29.3 Å². The van der Waals surface area contributed by atoms with E-state index in [4.69, 9.17) is 23.2 Å². The summed E-state index contributed by atoms with van der Waals surface area (Å²) in [7, 11) is 0. The predicted molar refractivity (Wildman–Crippen MR) is 77.5 cm³/mol. The molecule has 1 aliphatic carbocycles. The summed E-state index contributed by atoms with van der Waals surface area (Å²) in [6.45, 7) is 1.84. The zero-order valence-electron chi connectivity index (χ0n) is 10.7. The van der Waals surface area contributed by atoms with E-state index in [1.807, 2.05) is 6.92 Å². The zero-order valence-corrected chi connectivity index (χ0v) is 12.2. The minimum atomic E-state index is -0.428. The number of benzene rings is 1. The van der Waals surface area contributed by atoms with E-state index in [-0.39, 0.29) is 5.82 Å². The van der Waals surface area contributed by atoms with Gasteiger partial charge in [-0.2, -0.15) is 0 Å². The number of amides is 1. The summed E-state index contributed by atoms with van der Waals surface area (Å²) in [5, 5.41) is 10.2. The highest BCUT2D eigenvalue weighted by molar-refractivity contribution is 6.40. The quantitative estimate of drug-likeness (QED) is 0.910. The van der Waals surface area contributed by atoms with Crippen molar-refractivity contribution in [2.24, 2.45) is 0 Å². The van der Waals surface area contributed by atoms with Gasteiger partial charge in [0.25, 0.3) is 5.91 Å². The second-order valence-electron chi connectivity index (χ2n) is 4.83. The van der Waals surface area contributed by atoms with Gasteiger partial charge in [0.2, 0.25) is 5.82 Å². The van der Waals surface area contributed by atoms with E-state index in [2.05, 4.69) is 20.5 Å². The Balaban J connectivity index is 1.83. The van der Waals surface area contributed by atoms with E-state index in [1.165, 1.54) is 0 Å². The van der Waals surface area contributed by atoms with Gasteiger partial charge >= 0.3 is 0 Å². The first-order valence-corrected chi connectivity index (χ1v) is 7.00. The molecule has 0 atom stereocenters. The summed E-state index contributed by atoms with van der Waals surface area (Å²) in [6.07, 6.45) is 2.18. The monoisotopic (exact) mass is 310 g/mol. The van der Waals surface area contributed by atoms with Crippen LogP contribution in [0.4, 0.5) is 5.69 Å². The molecule has 1 fully saturated rings. The SMILES string of the molecule is Cc1ccc(Cl)c(NC(=O)c2n[nH]c(C3CC3)n2)c1Cl. The molecule has 0 bridgehead atoms. The molecular formula is C13H12Cl2N4O. The molecule has 1 amide bonds. The van der Waals surface area contributed by atoms with Crippen molar-refractivity contribution in [3.05, 3.63) is 39.4 Å². The molecule has 1 aromatic heterocycles. The number of H-pyrrole nitrogens is 1. The van der Waals surface area contributed by atoms with Crippen LogP contribution in [0.25, 0.3) is 0 Å². The molecule has 1 aromatic carbocycles. The third kappa shape index (κ3) is 2.51. The number of hydrogen-bond donors (Lipinski definition) is 2. The first kappa shape index (κ1) is 13.4. The van der Waals surface area contributed by atoms with Crippen molar-refractivity contribution in [1.29, 1.82) is 0 Å². The first-order valence-electron chi connectivity index (χ1n) is 6.24. The molecule has 1 heterocycles. The lowest BCUT2D eigenvalue weighted by atomic mass is 10.2. The lowest BCUT2D eigenvalue weighted by Gasteiger charge is -2.09. The van der Waals surface area contributed by atoms with E-state index >= 15 is 0 Å². The maximum Gasteiger partial charge on any atom is 0.295 e. The Morgan fingerprint density at radius 1 is 1.40 bits per heavy atom. The van der Waals surface area contributed by atoms with Crippen LogP contribution in [-0.4, -0.2) is 21.1 Å². The molecule has 2 aromatic rings. The van der Waals surface area contributed by atoms with Gasteiger partial charge in [0.05, 0.1) is 15.7 Å². The van der Waals surface area contributed by atoms with E-state index < -0.39 is 5.91 Å². The number of carbonyl (C=O) groups is 1. The Morgan fingerprint density at radius 3 is 2.85 bits per heavy atom. The van der Waals surface area contributed by atoms with Crippen LogP contribution in [-0.2, 0) is 0 Å². The molecule has 2 N–H and O–H groups in total. The largest absolute Gasteiger partial charge is 0.317 e. The van der Waals surface area contributed by atoms with Gasteiger partial charge in [-0.3, -0.25) is 9.89 Å². The minimum Gasteiger partial charge on any atom is -0.317 e. The summed E-state index contributed by atoms with van der Waals surface area (Å²) < 4.78 is 0. The van der Waals surface area contributed by atoms with E-state index in [9.17, 15) is 4.79 Å². The molecule has 5 nitrogen and oxygen atoms in total. The Labute approximate surface area is 125 Å². The molecule has 3 rings (SSSR count). The highest BCUT2D eigenvalue weighted by Crippen LogP contribution is 2.38. The number of halogens is 2. The van der Waals surface area contributed by atoms with Crippen molar-refractivity contribution in [3.63, 3.8) is 0 Å². The van der Waals surface area contributed by atoms with Gasteiger partial charge in [-0.15, -0.1) is 5.10 Å². The second kappa shape index (κ2) is 5.07. The number of hydrogen-bond acceptors (Lipinski definition) is 3. The van der Waals surface area contributed by atoms with E-state index in [0.29, 0.717) is 21.7 Å². The summed E-state index contributed by atoms with van der Waals surface area (Å²) in [6, 6.07) is 3.48. The Kier molecular flexibility index (Phi) is 3.40. The fraction of sp³-hybridized carbons (Fsp3) is 0.308. The molecule has 0 radical (unpaired) electrons. The Hall–Kier alpha value is -1.59. The lowest BCUT2D eigenvalue weighted by Crippen LogP contribution is -2.14. The van der Waals surface area contributed by atoms with Gasteiger partial charge in [-0.25, -0.2) is 4.98 Å². The van der Waals surface area contributed by atoms with Crippen LogP contribution < -0.4 is 5.32 Å². The van der Waals surface area contributed by atoms with Crippen molar-refractivity contribution in [3.8, 4) is 0 Å². The Bertz CT molecular complexity index is 679. The van der Waals surface area contributed by atoms with E-state index in [0.717, 1.165) is 24.2 Å². The highest BCUT2D eigenvalue weighted by atomic mass is 35.5. The minimum absolute atomic E-state index is 0.0977. The molecule has 0 spiro atoms. The highest BCUT2D eigenvalue weighted by Gasteiger charge is 2.28. The normalized spacial score (nSPS) is 14.3. The maximum atomic E-state index is 12.1. The fourth-order valence-corrected chi connectivity index (χ4v) is 2.32. The van der Waals surface area contributed by atoms with Gasteiger partial charge in [0, 0.05) is 5.92 Å². The van der Waals surface area contributed by atoms with Crippen LogP contribution in [0.15, 0.2) is 12.1 Å². The topological polar surface area (TPSA) is 70.7 Å². The third-order valence-corrected chi connectivity index (χ3v) is 3.99. The molecule has 0 aliphatic heterocycles. The van der Waals surface area contributed by atoms with Gasteiger partial charge < -0.3 is 5.32 Å². The average molecular weight is 311 g/mol. The van der Waals surface area contributed by atoms with Gasteiger partial charge in [0.15, 0.2) is 0 Å². The summed E-state index contributed by atoms with van der Waals surface area (Å²) in [5.74, 6) is 0.842. The lowest BCUT2D eigenvalue weighted by molar-refractivity contribution is 0.101. The van der Waals surface area contributed by atoms with Crippen molar-refractivity contribution < 1.29 is 4.79 Å². The third-order valence-electron chi connectivity index (χ3n) is 3.19. The number of anilines is 1. The van der Waals surface area contributed by atoms with Crippen molar-refractivity contribution in [1.82, 2.24) is 15.2 Å². The molecule has 104 valence electrons. The first-order chi connectivity index (χ1) is 9.56. The molecule has 7 heteroatoms. The summed E-state index contributed by atoms with van der Waals surface area (Å²) in [5.41, 5.74) is 1.22. The molecule has 0 unspecified atom stereocenters. The Morgan fingerprint density at radius 2 is 2.15 bits per heavy atom.